The smallest absolute Gasteiger partial charge is 0.243 e. The van der Waals surface area contributed by atoms with Gasteiger partial charge in [0, 0.05) is 36.5 Å². The molecule has 2 aliphatic rings. The highest BCUT2D eigenvalue weighted by atomic mass is 16.3. The zero-order chi connectivity index (χ0) is 38.8. The maximum absolute atomic E-state index is 14.3. The predicted molar refractivity (Wildman–Crippen MR) is 202 cm³/mol. The number of Topliss-reactive ketones (excluding diaryl/α,β-unsaturated/α-hetero) is 1. The number of benzene rings is 2. The number of nitrogens with zero attached hydrogens (tertiary/aromatic N) is 1. The van der Waals surface area contributed by atoms with Crippen LogP contribution in [0, 0.1) is 0 Å². The molecule has 3 heterocycles. The van der Waals surface area contributed by atoms with Gasteiger partial charge in [-0.1, -0.05) is 48.5 Å². The van der Waals surface area contributed by atoms with E-state index in [0.29, 0.717) is 38.8 Å². The molecule has 5 rings (SSSR count). The van der Waals surface area contributed by atoms with E-state index in [4.69, 9.17) is 5.73 Å². The van der Waals surface area contributed by atoms with Crippen LogP contribution in [0.25, 0.3) is 10.9 Å². The van der Waals surface area contributed by atoms with E-state index in [0.717, 1.165) is 22.0 Å². The zero-order valence-corrected chi connectivity index (χ0v) is 30.8. The van der Waals surface area contributed by atoms with Crippen LogP contribution in [0.3, 0.4) is 0 Å². The van der Waals surface area contributed by atoms with E-state index in [1.165, 1.54) is 11.8 Å². The van der Waals surface area contributed by atoms with Crippen LogP contribution in [-0.2, 0) is 41.6 Å². The Labute approximate surface area is 314 Å². The lowest BCUT2D eigenvalue weighted by atomic mass is 10.0. The molecule has 15 nitrogen and oxygen atoms in total. The lowest BCUT2D eigenvalue weighted by Crippen LogP contribution is -2.60. The van der Waals surface area contributed by atoms with Gasteiger partial charge in [-0.05, 0) is 69.7 Å². The molecule has 2 aromatic carbocycles. The second kappa shape index (κ2) is 18.8. The van der Waals surface area contributed by atoms with E-state index >= 15 is 0 Å². The Morgan fingerprint density at radius 1 is 0.815 bits per heavy atom. The van der Waals surface area contributed by atoms with Crippen molar-refractivity contribution >= 4 is 46.2 Å². The summed E-state index contributed by atoms with van der Waals surface area (Å²) >= 11 is 0. The molecule has 0 saturated carbocycles. The Morgan fingerprint density at radius 3 is 2.19 bits per heavy atom. The van der Waals surface area contributed by atoms with Gasteiger partial charge in [0.05, 0.1) is 18.7 Å². The van der Waals surface area contributed by atoms with Gasteiger partial charge in [0.25, 0.3) is 0 Å². The fraction of sp³-hybridized carbons (Fsp3) is 0.487. The quantitative estimate of drug-likeness (QED) is 0.137. The van der Waals surface area contributed by atoms with Gasteiger partial charge in [-0.25, -0.2) is 0 Å². The second-order valence-electron chi connectivity index (χ2n) is 14.2. The lowest BCUT2D eigenvalue weighted by Gasteiger charge is -2.29. The number of nitrogens with two attached hydrogens (primary N) is 1. The number of unbranched alkanes of at least 4 members (excludes halogenated alkanes) is 1. The largest absolute Gasteiger partial charge is 0.391 e. The molecule has 0 radical (unpaired) electrons. The number of ketones is 1. The summed E-state index contributed by atoms with van der Waals surface area (Å²) in [6.07, 6.45) is 2.71. The molecule has 0 unspecified atom stereocenters. The molecule has 2 saturated heterocycles. The summed E-state index contributed by atoms with van der Waals surface area (Å²) in [6, 6.07) is 10.1. The van der Waals surface area contributed by atoms with Crippen molar-refractivity contribution in [2.45, 2.75) is 101 Å². The molecule has 290 valence electrons. The number of carbonyl (C=O) groups excluding carboxylic acids is 6. The highest BCUT2D eigenvalue weighted by molar-refractivity contribution is 5.98. The Bertz CT molecular complexity index is 1800. The molecule has 2 aliphatic heterocycles. The van der Waals surface area contributed by atoms with Crippen molar-refractivity contribution < 1.29 is 33.9 Å². The van der Waals surface area contributed by atoms with Crippen molar-refractivity contribution in [1.29, 1.82) is 0 Å². The lowest BCUT2D eigenvalue weighted by molar-refractivity contribution is -0.141. The normalized spacial score (nSPS) is 25.8. The van der Waals surface area contributed by atoms with Gasteiger partial charge < -0.3 is 42.0 Å². The predicted octanol–water partition coefficient (Wildman–Crippen LogP) is -0.0461. The molecule has 3 aromatic rings. The number of rotatable bonds is 9. The average Bonchev–Trinajstić information content (AvgIpc) is 3.82. The number of hydrogen-bond acceptors (Lipinski definition) is 9. The summed E-state index contributed by atoms with van der Waals surface area (Å²) in [7, 11) is 0. The summed E-state index contributed by atoms with van der Waals surface area (Å²) in [5.74, 6) is -3.49. The molecule has 0 spiro atoms. The monoisotopic (exact) mass is 744 g/mol. The SMILES string of the molecule is C[C@@H]1NCC(=O)[C@@H]([C@H](C)O)NC(=O)[C@H](CCCCN)NC(=O)[C@@H](Cc2c[nH]c3ccccc23)NC(=O)[C@H](Cc2ccccc2)NC(=O)[C@@H]2CCCN2C1=O. The van der Waals surface area contributed by atoms with Crippen LogP contribution in [0.2, 0.25) is 0 Å². The molecule has 9 N–H and O–H groups in total. The fourth-order valence-corrected chi connectivity index (χ4v) is 7.09. The van der Waals surface area contributed by atoms with Gasteiger partial charge in [-0.15, -0.1) is 0 Å². The molecule has 1 aromatic heterocycles. The number of aliphatic hydroxyl groups excluding tert-OH is 1. The Kier molecular flexibility index (Phi) is 13.9. The highest BCUT2D eigenvalue weighted by Gasteiger charge is 2.39. The number of nitrogens with one attached hydrogen (secondary N) is 6. The number of aliphatic hydroxyl groups is 1. The average molecular weight is 745 g/mol. The Balaban J connectivity index is 1.53. The highest BCUT2D eigenvalue weighted by Crippen LogP contribution is 2.21. The summed E-state index contributed by atoms with van der Waals surface area (Å²) in [5.41, 5.74) is 8.06. The van der Waals surface area contributed by atoms with E-state index in [1.54, 1.807) is 13.1 Å². The Morgan fingerprint density at radius 2 is 1.46 bits per heavy atom. The molecule has 5 amide bonds. The third kappa shape index (κ3) is 10.1. The number of para-hydroxylation sites is 1. The van der Waals surface area contributed by atoms with Gasteiger partial charge in [0.2, 0.25) is 29.5 Å². The molecular weight excluding hydrogens is 692 g/mol. The molecule has 7 atom stereocenters. The number of amides is 5. The van der Waals surface area contributed by atoms with Gasteiger partial charge in [0.15, 0.2) is 5.78 Å². The first-order valence-corrected chi connectivity index (χ1v) is 18.7. The molecular formula is C39H52N8O7. The van der Waals surface area contributed by atoms with Crippen molar-refractivity contribution in [3.05, 3.63) is 71.9 Å². The first kappa shape index (κ1) is 40.1. The van der Waals surface area contributed by atoms with E-state index in [-0.39, 0.29) is 25.8 Å². The van der Waals surface area contributed by atoms with Gasteiger partial charge >= 0.3 is 0 Å². The van der Waals surface area contributed by atoms with E-state index in [2.05, 4.69) is 31.6 Å². The van der Waals surface area contributed by atoms with Gasteiger partial charge in [-0.3, -0.25) is 34.1 Å². The third-order valence-corrected chi connectivity index (χ3v) is 10.1. The van der Waals surface area contributed by atoms with Crippen LogP contribution in [0.15, 0.2) is 60.8 Å². The first-order chi connectivity index (χ1) is 26.0. The van der Waals surface area contributed by atoms with E-state index in [9.17, 15) is 33.9 Å². The minimum absolute atomic E-state index is 0.0357. The van der Waals surface area contributed by atoms with Crippen LogP contribution in [-0.4, -0.2) is 112 Å². The Hall–Kier alpha value is -5.12. The zero-order valence-electron chi connectivity index (χ0n) is 30.8. The minimum atomic E-state index is -1.35. The molecule has 0 bridgehead atoms. The molecule has 15 heteroatoms. The number of hydrogen-bond donors (Lipinski definition) is 8. The van der Waals surface area contributed by atoms with E-state index < -0.39 is 77.7 Å². The number of H-pyrrole nitrogens is 1. The topological polar surface area (TPSA) is 228 Å². The van der Waals surface area contributed by atoms with Crippen molar-refractivity contribution in [3.8, 4) is 0 Å². The summed E-state index contributed by atoms with van der Waals surface area (Å²) < 4.78 is 0. The van der Waals surface area contributed by atoms with Crippen LogP contribution >= 0.6 is 0 Å². The fourth-order valence-electron chi connectivity index (χ4n) is 7.09. The summed E-state index contributed by atoms with van der Waals surface area (Å²) in [5, 5.41) is 25.4. The first-order valence-electron chi connectivity index (χ1n) is 18.7. The van der Waals surface area contributed by atoms with Crippen molar-refractivity contribution in [2.75, 3.05) is 19.6 Å². The second-order valence-corrected chi connectivity index (χ2v) is 14.2. The van der Waals surface area contributed by atoms with Crippen LogP contribution in [0.4, 0.5) is 0 Å². The van der Waals surface area contributed by atoms with Crippen LogP contribution < -0.4 is 32.3 Å². The minimum Gasteiger partial charge on any atom is -0.391 e. The maximum atomic E-state index is 14.3. The summed E-state index contributed by atoms with van der Waals surface area (Å²) in [6.45, 7) is 3.23. The summed E-state index contributed by atoms with van der Waals surface area (Å²) in [4.78, 5) is 88.0. The molecule has 0 aliphatic carbocycles. The van der Waals surface area contributed by atoms with Crippen molar-refractivity contribution in [1.82, 2.24) is 36.5 Å². The van der Waals surface area contributed by atoms with Crippen LogP contribution in [0.5, 0.6) is 0 Å². The van der Waals surface area contributed by atoms with Crippen molar-refractivity contribution in [3.63, 3.8) is 0 Å². The molecule has 54 heavy (non-hydrogen) atoms. The number of aromatic amines is 1. The van der Waals surface area contributed by atoms with Crippen molar-refractivity contribution in [2.24, 2.45) is 5.73 Å². The number of aromatic nitrogens is 1. The van der Waals surface area contributed by atoms with Gasteiger partial charge in [-0.2, -0.15) is 0 Å². The van der Waals surface area contributed by atoms with Crippen LogP contribution in [0.1, 0.15) is 57.1 Å². The standard InChI is InChI=1S/C39H52N8O7/c1-23-39(54)47-18-10-16-32(47)38(53)45-30(19-25-11-4-3-5-12-25)36(51)44-31(20-26-21-42-28-14-7-6-13-27(26)28)37(52)43-29(15-8-9-17-40)35(50)46-34(24(2)48)33(49)22-41-23/h3-7,11-14,21,23-24,29-32,34,41-42,48H,8-10,15-20,22,40H2,1-2H3,(H,43,52)(H,44,51)(H,45,53)(H,46,50)/t23-,24-,29-,30-,31+,32-,34+/m0/s1. The van der Waals surface area contributed by atoms with E-state index in [1.807, 2.05) is 54.6 Å². The maximum Gasteiger partial charge on any atom is 0.243 e. The number of carbonyl (C=O) groups is 6. The van der Waals surface area contributed by atoms with Gasteiger partial charge in [0.1, 0.15) is 30.2 Å². The number of fused-ring (bicyclic) bond motifs is 2. The third-order valence-electron chi connectivity index (χ3n) is 10.1. The molecule has 2 fully saturated rings.